The average Bonchev–Trinajstić information content (AvgIpc) is 2.34. The van der Waals surface area contributed by atoms with Crippen molar-refractivity contribution in [2.45, 2.75) is 71.9 Å². The van der Waals surface area contributed by atoms with E-state index >= 15 is 0 Å². The molecule has 3 unspecified atom stereocenters. The molecule has 0 aliphatic heterocycles. The Labute approximate surface area is 125 Å². The number of rotatable bonds is 9. The number of nitrogens with one attached hydrogen (secondary N) is 1. The van der Waals surface area contributed by atoms with Gasteiger partial charge in [-0.2, -0.15) is 0 Å². The highest BCUT2D eigenvalue weighted by Gasteiger charge is 2.23. The Morgan fingerprint density at radius 2 is 1.80 bits per heavy atom. The molecule has 0 saturated heterocycles. The summed E-state index contributed by atoms with van der Waals surface area (Å²) >= 11 is 0. The van der Waals surface area contributed by atoms with Crippen LogP contribution >= 0.6 is 0 Å². The minimum absolute atomic E-state index is 0.374. The van der Waals surface area contributed by atoms with E-state index in [4.69, 9.17) is 4.74 Å². The van der Waals surface area contributed by atoms with Gasteiger partial charge in [-0.1, -0.05) is 27.7 Å². The van der Waals surface area contributed by atoms with Crippen LogP contribution in [0.5, 0.6) is 0 Å². The van der Waals surface area contributed by atoms with Gasteiger partial charge >= 0.3 is 0 Å². The molecule has 1 aliphatic carbocycles. The number of ether oxygens (including phenoxy) is 1. The van der Waals surface area contributed by atoms with Crippen LogP contribution in [0.3, 0.4) is 0 Å². The van der Waals surface area contributed by atoms with Gasteiger partial charge in [-0.05, 0) is 49.9 Å². The van der Waals surface area contributed by atoms with Crippen LogP contribution in [-0.2, 0) is 4.74 Å². The van der Waals surface area contributed by atoms with Gasteiger partial charge in [-0.25, -0.2) is 0 Å². The van der Waals surface area contributed by atoms with Crippen molar-refractivity contribution in [2.24, 2.45) is 17.8 Å². The van der Waals surface area contributed by atoms with Crippen molar-refractivity contribution < 1.29 is 9.84 Å². The number of hydrogen-bond acceptors (Lipinski definition) is 3. The third-order valence-electron chi connectivity index (χ3n) is 4.20. The lowest BCUT2D eigenvalue weighted by Crippen LogP contribution is -2.41. The molecule has 1 rings (SSSR count). The van der Waals surface area contributed by atoms with Crippen molar-refractivity contribution in [3.63, 3.8) is 0 Å². The van der Waals surface area contributed by atoms with E-state index < -0.39 is 0 Å². The molecule has 3 atom stereocenters. The molecule has 0 radical (unpaired) electrons. The Morgan fingerprint density at radius 3 is 2.40 bits per heavy atom. The summed E-state index contributed by atoms with van der Waals surface area (Å²) in [5.41, 5.74) is 0. The molecule has 0 aromatic carbocycles. The summed E-state index contributed by atoms with van der Waals surface area (Å²) in [5.74, 6) is 2.35. The third kappa shape index (κ3) is 8.23. The van der Waals surface area contributed by atoms with Crippen LogP contribution in [0.15, 0.2) is 0 Å². The fraction of sp³-hybridized carbons (Fsp3) is 1.00. The first-order valence-electron chi connectivity index (χ1n) is 8.46. The van der Waals surface area contributed by atoms with Crippen LogP contribution in [0.4, 0.5) is 0 Å². The second kappa shape index (κ2) is 9.75. The summed E-state index contributed by atoms with van der Waals surface area (Å²) in [7, 11) is 0. The average molecular weight is 285 g/mol. The molecule has 1 fully saturated rings. The summed E-state index contributed by atoms with van der Waals surface area (Å²) in [5, 5.41) is 13.4. The third-order valence-corrected chi connectivity index (χ3v) is 4.20. The molecule has 1 saturated carbocycles. The number of hydrogen-bond donors (Lipinski definition) is 2. The van der Waals surface area contributed by atoms with Crippen LogP contribution in [0.25, 0.3) is 0 Å². The van der Waals surface area contributed by atoms with Crippen molar-refractivity contribution >= 4 is 0 Å². The van der Waals surface area contributed by atoms with E-state index in [1.54, 1.807) is 0 Å². The van der Waals surface area contributed by atoms with Crippen molar-refractivity contribution in [3.05, 3.63) is 0 Å². The quantitative estimate of drug-likeness (QED) is 0.639. The first-order chi connectivity index (χ1) is 9.47. The highest BCUT2D eigenvalue weighted by molar-refractivity contribution is 4.80. The van der Waals surface area contributed by atoms with E-state index in [2.05, 4.69) is 33.0 Å². The molecule has 0 aromatic rings. The summed E-state index contributed by atoms with van der Waals surface area (Å²) < 4.78 is 5.54. The largest absolute Gasteiger partial charge is 0.389 e. The lowest BCUT2D eigenvalue weighted by atomic mass is 9.80. The van der Waals surface area contributed by atoms with Gasteiger partial charge in [0.2, 0.25) is 0 Å². The van der Waals surface area contributed by atoms with Gasteiger partial charge < -0.3 is 15.2 Å². The molecule has 0 heterocycles. The summed E-state index contributed by atoms with van der Waals surface area (Å²) in [6.07, 6.45) is 5.75. The molecule has 1 aliphatic rings. The fourth-order valence-corrected chi connectivity index (χ4v) is 3.29. The van der Waals surface area contributed by atoms with Crippen molar-refractivity contribution in [1.82, 2.24) is 5.32 Å². The normalized spacial score (nSPS) is 28.8. The lowest BCUT2D eigenvalue weighted by Gasteiger charge is -2.32. The van der Waals surface area contributed by atoms with Crippen LogP contribution in [-0.4, -0.2) is 37.0 Å². The van der Waals surface area contributed by atoms with Gasteiger partial charge in [0, 0.05) is 19.2 Å². The zero-order chi connectivity index (χ0) is 15.0. The van der Waals surface area contributed by atoms with Gasteiger partial charge in [-0.3, -0.25) is 0 Å². The monoisotopic (exact) mass is 285 g/mol. The van der Waals surface area contributed by atoms with Gasteiger partial charge in [0.05, 0.1) is 12.7 Å². The Morgan fingerprint density at radius 1 is 1.15 bits per heavy atom. The van der Waals surface area contributed by atoms with Crippen LogP contribution < -0.4 is 5.32 Å². The van der Waals surface area contributed by atoms with E-state index in [0.29, 0.717) is 19.2 Å². The predicted octanol–water partition coefficient (Wildman–Crippen LogP) is 3.21. The maximum atomic E-state index is 9.93. The summed E-state index contributed by atoms with van der Waals surface area (Å²) in [4.78, 5) is 0. The van der Waals surface area contributed by atoms with Gasteiger partial charge in [0.25, 0.3) is 0 Å². The first-order valence-corrected chi connectivity index (χ1v) is 8.46. The highest BCUT2D eigenvalue weighted by Crippen LogP contribution is 2.28. The molecular weight excluding hydrogens is 250 g/mol. The molecule has 2 N–H and O–H groups in total. The molecule has 0 bridgehead atoms. The first kappa shape index (κ1) is 17.9. The lowest BCUT2D eigenvalue weighted by molar-refractivity contribution is 0.0319. The molecule has 20 heavy (non-hydrogen) atoms. The maximum Gasteiger partial charge on any atom is 0.0897 e. The van der Waals surface area contributed by atoms with Gasteiger partial charge in [0.1, 0.15) is 0 Å². The topological polar surface area (TPSA) is 41.5 Å². The number of aliphatic hydroxyl groups is 1. The molecule has 0 spiro atoms. The van der Waals surface area contributed by atoms with E-state index in [9.17, 15) is 5.11 Å². The van der Waals surface area contributed by atoms with Crippen molar-refractivity contribution in [2.75, 3.05) is 19.8 Å². The Hall–Kier alpha value is -0.120. The molecule has 120 valence electrons. The van der Waals surface area contributed by atoms with Crippen LogP contribution in [0, 0.1) is 17.8 Å². The van der Waals surface area contributed by atoms with Gasteiger partial charge in [-0.15, -0.1) is 0 Å². The molecular formula is C17H35NO2. The predicted molar refractivity (Wildman–Crippen MR) is 84.9 cm³/mol. The zero-order valence-corrected chi connectivity index (χ0v) is 13.9. The van der Waals surface area contributed by atoms with E-state index in [0.717, 1.165) is 30.8 Å². The van der Waals surface area contributed by atoms with Crippen molar-refractivity contribution in [1.29, 1.82) is 0 Å². The standard InChI is InChI=1S/C17H35NO2/c1-13(2)6-5-7-20-12-17(19)11-18-16-9-14(3)8-15(4)10-16/h13-19H,5-12H2,1-4H3. The smallest absolute Gasteiger partial charge is 0.0897 e. The Bertz CT molecular complexity index is 235. The van der Waals surface area contributed by atoms with Crippen LogP contribution in [0.2, 0.25) is 0 Å². The zero-order valence-electron chi connectivity index (χ0n) is 13.9. The molecule has 3 nitrogen and oxygen atoms in total. The van der Waals surface area contributed by atoms with E-state index in [-0.39, 0.29) is 6.10 Å². The summed E-state index contributed by atoms with van der Waals surface area (Å²) in [6, 6.07) is 0.573. The van der Waals surface area contributed by atoms with E-state index in [1.165, 1.54) is 25.7 Å². The number of aliphatic hydroxyl groups excluding tert-OH is 1. The Kier molecular flexibility index (Phi) is 8.74. The minimum Gasteiger partial charge on any atom is -0.389 e. The molecule has 0 aromatic heterocycles. The summed E-state index contributed by atoms with van der Waals surface area (Å²) in [6.45, 7) is 11.0. The fourth-order valence-electron chi connectivity index (χ4n) is 3.29. The van der Waals surface area contributed by atoms with Crippen LogP contribution in [0.1, 0.15) is 59.8 Å². The molecule has 3 heteroatoms. The molecule has 0 amide bonds. The maximum absolute atomic E-state index is 9.93. The Balaban J connectivity index is 2.03. The van der Waals surface area contributed by atoms with E-state index in [1.807, 2.05) is 0 Å². The second-order valence-corrected chi connectivity index (χ2v) is 7.29. The van der Waals surface area contributed by atoms with Crippen molar-refractivity contribution in [3.8, 4) is 0 Å². The second-order valence-electron chi connectivity index (χ2n) is 7.29. The highest BCUT2D eigenvalue weighted by atomic mass is 16.5. The van der Waals surface area contributed by atoms with Gasteiger partial charge in [0.15, 0.2) is 0 Å². The SMILES string of the molecule is CC(C)CCCOCC(O)CNC1CC(C)CC(C)C1. The minimum atomic E-state index is -0.374.